The van der Waals surface area contributed by atoms with E-state index in [1.54, 1.807) is 20.2 Å². The van der Waals surface area contributed by atoms with Crippen LogP contribution in [0.4, 0.5) is 10.5 Å². The lowest BCUT2D eigenvalue weighted by atomic mass is 10.2. The molecule has 0 N–H and O–H groups in total. The molecule has 18 heavy (non-hydrogen) atoms. The second-order valence-electron chi connectivity index (χ2n) is 4.86. The topological polar surface area (TPSA) is 38.8 Å². The number of nitrogens with zero attached hydrogens (tertiary/aromatic N) is 1. The second-order valence-corrected chi connectivity index (χ2v) is 5.77. The Morgan fingerprint density at radius 1 is 1.33 bits per heavy atom. The number of methoxy groups -OCH3 is 1. The van der Waals surface area contributed by atoms with Crippen LogP contribution in [0.5, 0.6) is 5.75 Å². The minimum absolute atomic E-state index is 0.418. The monoisotopic (exact) mass is 315 g/mol. The molecule has 0 unspecified atom stereocenters. The molecule has 1 rings (SSSR count). The van der Waals surface area contributed by atoms with Gasteiger partial charge in [0.15, 0.2) is 0 Å². The SMILES string of the molecule is COc1ccc(Br)cc1N(C)C(=O)OC(C)(C)C. The van der Waals surface area contributed by atoms with Gasteiger partial charge >= 0.3 is 6.09 Å². The van der Waals surface area contributed by atoms with Crippen molar-refractivity contribution in [3.05, 3.63) is 22.7 Å². The minimum Gasteiger partial charge on any atom is -0.495 e. The maximum Gasteiger partial charge on any atom is 0.414 e. The molecule has 0 bridgehead atoms. The van der Waals surface area contributed by atoms with Crippen LogP contribution in [0.2, 0.25) is 0 Å². The first-order chi connectivity index (χ1) is 8.24. The van der Waals surface area contributed by atoms with E-state index < -0.39 is 11.7 Å². The van der Waals surface area contributed by atoms with Gasteiger partial charge in [0.25, 0.3) is 0 Å². The van der Waals surface area contributed by atoms with Crippen LogP contribution in [0.15, 0.2) is 22.7 Å². The maximum absolute atomic E-state index is 12.0. The van der Waals surface area contributed by atoms with Crippen molar-refractivity contribution in [2.75, 3.05) is 19.1 Å². The van der Waals surface area contributed by atoms with Gasteiger partial charge in [-0.3, -0.25) is 4.90 Å². The van der Waals surface area contributed by atoms with Crippen LogP contribution in [0, 0.1) is 0 Å². The first kappa shape index (κ1) is 14.8. The highest BCUT2D eigenvalue weighted by atomic mass is 79.9. The summed E-state index contributed by atoms with van der Waals surface area (Å²) in [5, 5.41) is 0. The van der Waals surface area contributed by atoms with E-state index in [1.807, 2.05) is 32.9 Å². The van der Waals surface area contributed by atoms with Crippen LogP contribution in [0.3, 0.4) is 0 Å². The Bertz CT molecular complexity index is 440. The summed E-state index contributed by atoms with van der Waals surface area (Å²) in [7, 11) is 3.22. The molecule has 1 aromatic carbocycles. The summed E-state index contributed by atoms with van der Waals surface area (Å²) >= 11 is 3.37. The van der Waals surface area contributed by atoms with Gasteiger partial charge in [0.05, 0.1) is 12.8 Å². The third-order valence-electron chi connectivity index (χ3n) is 2.17. The summed E-state index contributed by atoms with van der Waals surface area (Å²) in [4.78, 5) is 13.4. The molecular weight excluding hydrogens is 298 g/mol. The molecule has 0 aromatic heterocycles. The third kappa shape index (κ3) is 3.91. The van der Waals surface area contributed by atoms with Crippen molar-refractivity contribution < 1.29 is 14.3 Å². The number of ether oxygens (including phenoxy) is 2. The highest BCUT2D eigenvalue weighted by Gasteiger charge is 2.22. The number of carbonyl (C=O) groups is 1. The van der Waals surface area contributed by atoms with E-state index >= 15 is 0 Å². The molecule has 0 spiro atoms. The smallest absolute Gasteiger partial charge is 0.414 e. The fraction of sp³-hybridized carbons (Fsp3) is 0.462. The van der Waals surface area contributed by atoms with Crippen LogP contribution >= 0.6 is 15.9 Å². The molecule has 0 saturated carbocycles. The van der Waals surface area contributed by atoms with Crippen LogP contribution in [0.1, 0.15) is 20.8 Å². The summed E-state index contributed by atoms with van der Waals surface area (Å²) in [5.41, 5.74) is 0.131. The third-order valence-corrected chi connectivity index (χ3v) is 2.66. The summed E-state index contributed by atoms with van der Waals surface area (Å²) < 4.78 is 11.4. The van der Waals surface area contributed by atoms with Crippen molar-refractivity contribution in [1.82, 2.24) is 0 Å². The Morgan fingerprint density at radius 3 is 2.44 bits per heavy atom. The fourth-order valence-corrected chi connectivity index (χ4v) is 1.70. The molecule has 0 aliphatic heterocycles. The van der Waals surface area contributed by atoms with Crippen molar-refractivity contribution in [3.8, 4) is 5.75 Å². The highest BCUT2D eigenvalue weighted by Crippen LogP contribution is 2.31. The summed E-state index contributed by atoms with van der Waals surface area (Å²) in [6, 6.07) is 5.45. The van der Waals surface area contributed by atoms with Gasteiger partial charge in [0.1, 0.15) is 11.4 Å². The Labute approximate surface area is 116 Å². The van der Waals surface area contributed by atoms with Crippen LogP contribution < -0.4 is 9.64 Å². The van der Waals surface area contributed by atoms with E-state index in [4.69, 9.17) is 9.47 Å². The molecule has 0 heterocycles. The molecule has 0 fully saturated rings. The van der Waals surface area contributed by atoms with Gasteiger partial charge in [0.2, 0.25) is 0 Å². The standard InChI is InChI=1S/C13H18BrNO3/c1-13(2,3)18-12(16)15(4)10-8-9(14)6-7-11(10)17-5/h6-8H,1-5H3. The highest BCUT2D eigenvalue weighted by molar-refractivity contribution is 9.10. The molecule has 0 atom stereocenters. The molecule has 0 saturated heterocycles. The molecule has 0 aliphatic rings. The normalized spacial score (nSPS) is 11.0. The van der Waals surface area contributed by atoms with Gasteiger partial charge in [-0.25, -0.2) is 4.79 Å². The van der Waals surface area contributed by atoms with Crippen LogP contribution in [-0.4, -0.2) is 25.9 Å². The van der Waals surface area contributed by atoms with Crippen molar-refractivity contribution in [1.29, 1.82) is 0 Å². The lowest BCUT2D eigenvalue weighted by molar-refractivity contribution is 0.0588. The lowest BCUT2D eigenvalue weighted by Crippen LogP contribution is -2.34. The zero-order chi connectivity index (χ0) is 13.9. The predicted molar refractivity (Wildman–Crippen MR) is 75.3 cm³/mol. The first-order valence-electron chi connectivity index (χ1n) is 5.55. The summed E-state index contributed by atoms with van der Waals surface area (Å²) in [5.74, 6) is 0.617. The molecule has 0 aliphatic carbocycles. The van der Waals surface area contributed by atoms with E-state index in [1.165, 1.54) is 4.90 Å². The van der Waals surface area contributed by atoms with Crippen molar-refractivity contribution in [2.24, 2.45) is 0 Å². The van der Waals surface area contributed by atoms with E-state index in [0.29, 0.717) is 11.4 Å². The molecule has 1 aromatic rings. The van der Waals surface area contributed by atoms with Crippen molar-refractivity contribution >= 4 is 27.7 Å². The zero-order valence-corrected chi connectivity index (χ0v) is 12.9. The fourth-order valence-electron chi connectivity index (χ4n) is 1.35. The Kier molecular flexibility index (Phi) is 4.62. The second kappa shape index (κ2) is 5.61. The minimum atomic E-state index is -0.523. The van der Waals surface area contributed by atoms with Gasteiger partial charge in [0, 0.05) is 11.5 Å². The number of anilines is 1. The largest absolute Gasteiger partial charge is 0.495 e. The number of carbonyl (C=O) groups excluding carboxylic acids is 1. The van der Waals surface area contributed by atoms with E-state index in [2.05, 4.69) is 15.9 Å². The first-order valence-corrected chi connectivity index (χ1v) is 6.34. The van der Waals surface area contributed by atoms with Gasteiger partial charge in [-0.1, -0.05) is 15.9 Å². The average Bonchev–Trinajstić information content (AvgIpc) is 2.25. The molecule has 0 radical (unpaired) electrons. The Morgan fingerprint density at radius 2 is 1.94 bits per heavy atom. The van der Waals surface area contributed by atoms with Gasteiger partial charge in [-0.05, 0) is 39.0 Å². The average molecular weight is 316 g/mol. The number of hydrogen-bond donors (Lipinski definition) is 0. The Balaban J connectivity index is 2.99. The van der Waals surface area contributed by atoms with Crippen molar-refractivity contribution in [2.45, 2.75) is 26.4 Å². The number of rotatable bonds is 2. The molecular formula is C13H18BrNO3. The zero-order valence-electron chi connectivity index (χ0n) is 11.3. The molecule has 1 amide bonds. The van der Waals surface area contributed by atoms with E-state index in [-0.39, 0.29) is 0 Å². The number of benzene rings is 1. The predicted octanol–water partition coefficient (Wildman–Crippen LogP) is 3.83. The van der Waals surface area contributed by atoms with Crippen molar-refractivity contribution in [3.63, 3.8) is 0 Å². The number of halogens is 1. The molecule has 100 valence electrons. The molecule has 4 nitrogen and oxygen atoms in total. The number of hydrogen-bond acceptors (Lipinski definition) is 3. The summed E-state index contributed by atoms with van der Waals surface area (Å²) in [6.07, 6.45) is -0.418. The van der Waals surface area contributed by atoms with Crippen LogP contribution in [-0.2, 0) is 4.74 Å². The van der Waals surface area contributed by atoms with Gasteiger partial charge < -0.3 is 9.47 Å². The maximum atomic E-state index is 12.0. The lowest BCUT2D eigenvalue weighted by Gasteiger charge is -2.25. The molecule has 5 heteroatoms. The van der Waals surface area contributed by atoms with E-state index in [0.717, 1.165) is 4.47 Å². The Hall–Kier alpha value is -1.23. The summed E-state index contributed by atoms with van der Waals surface area (Å²) in [6.45, 7) is 5.49. The quantitative estimate of drug-likeness (QED) is 0.832. The van der Waals surface area contributed by atoms with Crippen LogP contribution in [0.25, 0.3) is 0 Å². The van der Waals surface area contributed by atoms with Gasteiger partial charge in [-0.15, -0.1) is 0 Å². The van der Waals surface area contributed by atoms with E-state index in [9.17, 15) is 4.79 Å². The van der Waals surface area contributed by atoms with Gasteiger partial charge in [-0.2, -0.15) is 0 Å². The number of amides is 1.